The highest BCUT2D eigenvalue weighted by atomic mass is 16.6. The fraction of sp³-hybridized carbons (Fsp3) is 0.278. The molecule has 1 saturated heterocycles. The van der Waals surface area contributed by atoms with Crippen LogP contribution < -0.4 is 10.6 Å². The van der Waals surface area contributed by atoms with Crippen LogP contribution in [-0.2, 0) is 4.79 Å². The number of carbonyl (C=O) groups excluding carboxylic acids is 1. The van der Waals surface area contributed by atoms with Crippen molar-refractivity contribution in [3.8, 4) is 0 Å². The van der Waals surface area contributed by atoms with Crippen LogP contribution in [0.1, 0.15) is 11.6 Å². The Morgan fingerprint density at radius 1 is 0.964 bits per heavy atom. The van der Waals surface area contributed by atoms with Gasteiger partial charge >= 0.3 is 0 Å². The van der Waals surface area contributed by atoms with Crippen molar-refractivity contribution in [1.29, 1.82) is 0 Å². The van der Waals surface area contributed by atoms with Crippen molar-refractivity contribution in [2.24, 2.45) is 5.73 Å². The zero-order valence-corrected chi connectivity index (χ0v) is 14.9. The van der Waals surface area contributed by atoms with Crippen LogP contribution in [0, 0.1) is 20.2 Å². The van der Waals surface area contributed by atoms with Crippen molar-refractivity contribution in [3.63, 3.8) is 0 Å². The first kappa shape index (κ1) is 19.2. The second kappa shape index (κ2) is 8.01. The Morgan fingerprint density at radius 3 is 2.14 bits per heavy atom. The highest BCUT2D eigenvalue weighted by Crippen LogP contribution is 2.33. The third kappa shape index (κ3) is 3.91. The summed E-state index contributed by atoms with van der Waals surface area (Å²) in [6.45, 7) is 1.79. The molecule has 0 spiro atoms. The molecule has 0 aromatic heterocycles. The summed E-state index contributed by atoms with van der Waals surface area (Å²) in [6.07, 6.45) is 0. The number of hydrogen-bond donors (Lipinski definition) is 1. The second-order valence-electron chi connectivity index (χ2n) is 6.43. The number of anilines is 1. The van der Waals surface area contributed by atoms with Gasteiger partial charge in [-0.15, -0.1) is 0 Å². The number of nitro groups is 2. The van der Waals surface area contributed by atoms with Gasteiger partial charge in [-0.1, -0.05) is 30.3 Å². The maximum absolute atomic E-state index is 12.0. The number of piperazine rings is 1. The van der Waals surface area contributed by atoms with Crippen LogP contribution in [0.4, 0.5) is 17.1 Å². The summed E-state index contributed by atoms with van der Waals surface area (Å²) >= 11 is 0. The first-order valence-corrected chi connectivity index (χ1v) is 8.64. The summed E-state index contributed by atoms with van der Waals surface area (Å²) in [4.78, 5) is 36.7. The lowest BCUT2D eigenvalue weighted by atomic mass is 10.0. The lowest BCUT2D eigenvalue weighted by Crippen LogP contribution is -2.50. The van der Waals surface area contributed by atoms with Crippen LogP contribution in [0.15, 0.2) is 48.5 Å². The number of nitro benzene ring substituents is 2. The molecule has 28 heavy (non-hydrogen) atoms. The number of nitrogens with two attached hydrogens (primary N) is 1. The molecule has 2 N–H and O–H groups in total. The molecule has 1 fully saturated rings. The fourth-order valence-electron chi connectivity index (χ4n) is 3.45. The van der Waals surface area contributed by atoms with Crippen LogP contribution >= 0.6 is 0 Å². The van der Waals surface area contributed by atoms with Crippen LogP contribution in [0.25, 0.3) is 0 Å². The van der Waals surface area contributed by atoms with Crippen molar-refractivity contribution >= 4 is 23.0 Å². The van der Waals surface area contributed by atoms with E-state index in [2.05, 4.69) is 0 Å². The molecule has 1 aliphatic rings. The summed E-state index contributed by atoms with van der Waals surface area (Å²) in [5.41, 5.74) is 6.09. The van der Waals surface area contributed by atoms with Gasteiger partial charge in [0.25, 0.3) is 11.4 Å². The van der Waals surface area contributed by atoms with Gasteiger partial charge in [-0.05, 0) is 11.6 Å². The van der Waals surface area contributed by atoms with Gasteiger partial charge in [0, 0.05) is 32.2 Å². The summed E-state index contributed by atoms with van der Waals surface area (Å²) in [5, 5.41) is 22.3. The molecule has 3 rings (SSSR count). The van der Waals surface area contributed by atoms with E-state index in [0.717, 1.165) is 11.6 Å². The molecule has 2 aromatic rings. The topological polar surface area (TPSA) is 136 Å². The smallest absolute Gasteiger partial charge is 0.299 e. The number of non-ortho nitro benzene ring substituents is 1. The molecular formula is C18H19N5O5. The third-order valence-electron chi connectivity index (χ3n) is 4.77. The van der Waals surface area contributed by atoms with Crippen LogP contribution in [0.3, 0.4) is 0 Å². The number of benzene rings is 2. The van der Waals surface area contributed by atoms with Crippen LogP contribution in [-0.4, -0.2) is 46.8 Å². The van der Waals surface area contributed by atoms with E-state index in [1.807, 2.05) is 35.2 Å². The number of carbonyl (C=O) groups is 1. The van der Waals surface area contributed by atoms with Gasteiger partial charge in [0.15, 0.2) is 0 Å². The highest BCUT2D eigenvalue weighted by Gasteiger charge is 2.31. The summed E-state index contributed by atoms with van der Waals surface area (Å²) < 4.78 is 0. The van der Waals surface area contributed by atoms with Gasteiger partial charge in [-0.2, -0.15) is 0 Å². The van der Waals surface area contributed by atoms with Crippen LogP contribution in [0.2, 0.25) is 0 Å². The van der Waals surface area contributed by atoms with Gasteiger partial charge in [0.05, 0.1) is 15.9 Å². The summed E-state index contributed by atoms with van der Waals surface area (Å²) in [5.74, 6) is -0.457. The van der Waals surface area contributed by atoms with E-state index in [-0.39, 0.29) is 11.4 Å². The van der Waals surface area contributed by atoms with Crippen molar-refractivity contribution in [3.05, 3.63) is 74.3 Å². The number of primary amides is 1. The van der Waals surface area contributed by atoms with Gasteiger partial charge in [-0.25, -0.2) is 0 Å². The minimum absolute atomic E-state index is 0.308. The number of hydrogen-bond acceptors (Lipinski definition) is 7. The summed E-state index contributed by atoms with van der Waals surface area (Å²) in [7, 11) is 0. The molecule has 0 radical (unpaired) electrons. The molecule has 1 aliphatic heterocycles. The Balaban J connectivity index is 1.79. The number of nitrogens with zero attached hydrogens (tertiary/aromatic N) is 4. The third-order valence-corrected chi connectivity index (χ3v) is 4.77. The van der Waals surface area contributed by atoms with E-state index in [1.165, 1.54) is 12.1 Å². The largest absolute Gasteiger partial charge is 0.368 e. The van der Waals surface area contributed by atoms with E-state index in [4.69, 9.17) is 5.73 Å². The highest BCUT2D eigenvalue weighted by molar-refractivity contribution is 5.81. The molecule has 10 heteroatoms. The Bertz CT molecular complexity index is 896. The van der Waals surface area contributed by atoms with Crippen molar-refractivity contribution in [1.82, 2.24) is 4.90 Å². The molecule has 1 atom stereocenters. The Labute approximate surface area is 160 Å². The molecule has 146 valence electrons. The standard InChI is InChI=1S/C18H19N5O5/c19-18(24)17(13-4-2-1-3-5-13)21-10-8-20(9-11-21)15-7-6-14(22(25)26)12-16(15)23(27)28/h1-7,12,17H,8-11H2,(H2,19,24)/t17-/m1/s1. The number of rotatable bonds is 6. The summed E-state index contributed by atoms with van der Waals surface area (Å²) in [6, 6.07) is 12.2. The maximum Gasteiger partial charge on any atom is 0.299 e. The van der Waals surface area contributed by atoms with Gasteiger partial charge in [0.2, 0.25) is 5.91 Å². The molecule has 0 unspecified atom stereocenters. The fourth-order valence-corrected chi connectivity index (χ4v) is 3.45. The molecule has 2 aromatic carbocycles. The minimum atomic E-state index is -0.661. The second-order valence-corrected chi connectivity index (χ2v) is 6.43. The molecule has 10 nitrogen and oxygen atoms in total. The van der Waals surface area contributed by atoms with E-state index >= 15 is 0 Å². The molecular weight excluding hydrogens is 366 g/mol. The predicted molar refractivity (Wildman–Crippen MR) is 102 cm³/mol. The molecule has 1 amide bonds. The van der Waals surface area contributed by atoms with E-state index < -0.39 is 21.8 Å². The van der Waals surface area contributed by atoms with Gasteiger partial charge in [0.1, 0.15) is 11.7 Å². The van der Waals surface area contributed by atoms with Crippen LogP contribution in [0.5, 0.6) is 0 Å². The molecule has 1 heterocycles. The first-order chi connectivity index (χ1) is 13.4. The van der Waals surface area contributed by atoms with Crippen molar-refractivity contribution < 1.29 is 14.6 Å². The van der Waals surface area contributed by atoms with Gasteiger partial charge < -0.3 is 10.6 Å². The minimum Gasteiger partial charge on any atom is -0.368 e. The number of amides is 1. The quantitative estimate of drug-likeness (QED) is 0.592. The van der Waals surface area contributed by atoms with Crippen molar-refractivity contribution in [2.75, 3.05) is 31.1 Å². The predicted octanol–water partition coefficient (Wildman–Crippen LogP) is 1.85. The maximum atomic E-state index is 12.0. The van der Waals surface area contributed by atoms with Gasteiger partial charge in [-0.3, -0.25) is 29.9 Å². The lowest BCUT2D eigenvalue weighted by Gasteiger charge is -2.39. The normalized spacial score (nSPS) is 15.8. The molecule has 0 aliphatic carbocycles. The Hall–Kier alpha value is -3.53. The Kier molecular flexibility index (Phi) is 5.50. The van der Waals surface area contributed by atoms with E-state index in [0.29, 0.717) is 31.9 Å². The lowest BCUT2D eigenvalue weighted by molar-refractivity contribution is -0.393. The zero-order valence-electron chi connectivity index (χ0n) is 14.9. The van der Waals surface area contributed by atoms with E-state index in [9.17, 15) is 25.0 Å². The molecule has 0 saturated carbocycles. The SMILES string of the molecule is NC(=O)[C@@H](c1ccccc1)N1CCN(c2ccc([N+](=O)[O-])cc2[N+](=O)[O-])CC1. The average Bonchev–Trinajstić information content (AvgIpc) is 2.68. The zero-order chi connectivity index (χ0) is 20.3. The Morgan fingerprint density at radius 2 is 1.61 bits per heavy atom. The molecule has 0 bridgehead atoms. The van der Waals surface area contributed by atoms with Crippen molar-refractivity contribution in [2.45, 2.75) is 6.04 Å². The van der Waals surface area contributed by atoms with E-state index in [1.54, 1.807) is 4.90 Å². The average molecular weight is 385 g/mol. The first-order valence-electron chi connectivity index (χ1n) is 8.64. The monoisotopic (exact) mass is 385 g/mol.